The van der Waals surface area contributed by atoms with Crippen LogP contribution in [0.3, 0.4) is 0 Å². The summed E-state index contributed by atoms with van der Waals surface area (Å²) in [7, 11) is 0. The predicted molar refractivity (Wildman–Crippen MR) is 74.0 cm³/mol. The molecule has 0 aromatic heterocycles. The van der Waals surface area contributed by atoms with Crippen molar-refractivity contribution < 1.29 is 14.3 Å². The van der Waals surface area contributed by atoms with Gasteiger partial charge in [-0.1, -0.05) is 0 Å². The zero-order valence-electron chi connectivity index (χ0n) is 12.4. The number of amides is 2. The Labute approximate surface area is 120 Å². The molecule has 2 saturated carbocycles. The lowest BCUT2D eigenvalue weighted by Gasteiger charge is -2.46. The van der Waals surface area contributed by atoms with Crippen LogP contribution in [-0.4, -0.2) is 48.1 Å². The van der Waals surface area contributed by atoms with Crippen molar-refractivity contribution >= 4 is 11.8 Å². The van der Waals surface area contributed by atoms with Gasteiger partial charge >= 0.3 is 0 Å². The molecule has 1 saturated heterocycles. The second kappa shape index (κ2) is 5.02. The third-order valence-corrected chi connectivity index (χ3v) is 4.97. The fraction of sp³-hybridized carbons (Fsp3) is 0.867. The fourth-order valence-electron chi connectivity index (χ4n) is 3.31. The van der Waals surface area contributed by atoms with Gasteiger partial charge in [0.15, 0.2) is 0 Å². The van der Waals surface area contributed by atoms with Crippen molar-refractivity contribution in [2.45, 2.75) is 51.1 Å². The summed E-state index contributed by atoms with van der Waals surface area (Å²) in [5.74, 6) is 0.798. The first-order valence-corrected chi connectivity index (χ1v) is 7.79. The Bertz CT molecular complexity index is 417. The van der Waals surface area contributed by atoms with Crippen molar-refractivity contribution in [3.63, 3.8) is 0 Å². The average Bonchev–Trinajstić information content (AvgIpc) is 3.29. The molecular formula is C15H24N2O3. The predicted octanol–water partition coefficient (Wildman–Crippen LogP) is 0.929. The minimum absolute atomic E-state index is 0.0352. The molecule has 112 valence electrons. The van der Waals surface area contributed by atoms with Gasteiger partial charge in [-0.05, 0) is 51.4 Å². The number of carbonyl (C=O) groups is 2. The monoisotopic (exact) mass is 280 g/mol. The Morgan fingerprint density at radius 3 is 2.55 bits per heavy atom. The van der Waals surface area contributed by atoms with Gasteiger partial charge in [0.25, 0.3) is 0 Å². The molecule has 1 aliphatic heterocycles. The van der Waals surface area contributed by atoms with Crippen molar-refractivity contribution in [2.75, 3.05) is 19.8 Å². The molecule has 3 aliphatic rings. The Hall–Kier alpha value is -1.10. The van der Waals surface area contributed by atoms with Gasteiger partial charge in [-0.3, -0.25) is 9.59 Å². The number of piperazine rings is 1. The van der Waals surface area contributed by atoms with E-state index in [-0.39, 0.29) is 17.9 Å². The summed E-state index contributed by atoms with van der Waals surface area (Å²) in [6, 6.07) is -0.295. The molecule has 2 amide bonds. The summed E-state index contributed by atoms with van der Waals surface area (Å²) < 4.78 is 5.40. The first kappa shape index (κ1) is 13.9. The first-order valence-electron chi connectivity index (χ1n) is 7.79. The number of ether oxygens (including phenoxy) is 1. The van der Waals surface area contributed by atoms with E-state index in [1.165, 1.54) is 0 Å². The summed E-state index contributed by atoms with van der Waals surface area (Å²) in [6.07, 6.45) is 4.18. The van der Waals surface area contributed by atoms with Gasteiger partial charge in [-0.15, -0.1) is 0 Å². The van der Waals surface area contributed by atoms with Crippen LogP contribution in [0, 0.1) is 11.8 Å². The van der Waals surface area contributed by atoms with Gasteiger partial charge in [0.05, 0.1) is 6.61 Å². The van der Waals surface area contributed by atoms with Crippen LogP contribution in [0.5, 0.6) is 0 Å². The zero-order chi connectivity index (χ0) is 14.3. The molecule has 2 atom stereocenters. The molecule has 2 aliphatic carbocycles. The summed E-state index contributed by atoms with van der Waals surface area (Å²) in [6.45, 7) is 5.54. The van der Waals surface area contributed by atoms with E-state index in [4.69, 9.17) is 4.74 Å². The van der Waals surface area contributed by atoms with Crippen LogP contribution in [0.2, 0.25) is 0 Å². The standard InChI is InChI=1S/C15H24N2O3/c1-3-20-9-8-17-13(18)12(10-4-5-10)16-14(19)15(17,2)11-6-7-11/h10-12H,3-9H2,1-2H3,(H,16,19). The highest BCUT2D eigenvalue weighted by Crippen LogP contribution is 2.46. The van der Waals surface area contributed by atoms with Gasteiger partial charge in [0.2, 0.25) is 11.8 Å². The summed E-state index contributed by atoms with van der Waals surface area (Å²) in [4.78, 5) is 27.1. The highest BCUT2D eigenvalue weighted by Gasteiger charge is 2.58. The highest BCUT2D eigenvalue weighted by molar-refractivity contribution is 6.00. The van der Waals surface area contributed by atoms with Crippen LogP contribution >= 0.6 is 0 Å². The van der Waals surface area contributed by atoms with Gasteiger partial charge in [0, 0.05) is 13.2 Å². The molecule has 5 heteroatoms. The number of rotatable bonds is 6. The third kappa shape index (κ3) is 2.22. The Morgan fingerprint density at radius 1 is 1.30 bits per heavy atom. The minimum Gasteiger partial charge on any atom is -0.380 e. The van der Waals surface area contributed by atoms with Crippen molar-refractivity contribution in [3.05, 3.63) is 0 Å². The number of hydrogen-bond acceptors (Lipinski definition) is 3. The normalized spacial score (nSPS) is 34.3. The molecule has 0 bridgehead atoms. The Kier molecular flexibility index (Phi) is 3.48. The summed E-state index contributed by atoms with van der Waals surface area (Å²) in [5, 5.41) is 2.99. The summed E-state index contributed by atoms with van der Waals surface area (Å²) in [5.41, 5.74) is -0.667. The molecule has 1 heterocycles. The van der Waals surface area contributed by atoms with E-state index in [2.05, 4.69) is 5.32 Å². The third-order valence-electron chi connectivity index (χ3n) is 4.97. The zero-order valence-corrected chi connectivity index (χ0v) is 12.4. The lowest BCUT2D eigenvalue weighted by Crippen LogP contribution is -2.71. The highest BCUT2D eigenvalue weighted by atomic mass is 16.5. The van der Waals surface area contributed by atoms with Gasteiger partial charge in [0.1, 0.15) is 11.6 Å². The maximum atomic E-state index is 12.8. The lowest BCUT2D eigenvalue weighted by molar-refractivity contribution is -0.159. The van der Waals surface area contributed by atoms with E-state index in [1.54, 1.807) is 0 Å². The quantitative estimate of drug-likeness (QED) is 0.736. The smallest absolute Gasteiger partial charge is 0.246 e. The minimum atomic E-state index is -0.667. The summed E-state index contributed by atoms with van der Waals surface area (Å²) >= 11 is 0. The topological polar surface area (TPSA) is 58.6 Å². The molecule has 20 heavy (non-hydrogen) atoms. The van der Waals surface area contributed by atoms with E-state index < -0.39 is 5.54 Å². The SMILES string of the molecule is CCOCCN1C(=O)C(C2CC2)NC(=O)C1(C)C1CC1. The van der Waals surface area contributed by atoms with E-state index in [0.717, 1.165) is 25.7 Å². The first-order chi connectivity index (χ1) is 9.59. The molecule has 0 spiro atoms. The Balaban J connectivity index is 1.80. The van der Waals surface area contributed by atoms with Crippen LogP contribution < -0.4 is 5.32 Å². The van der Waals surface area contributed by atoms with E-state index in [0.29, 0.717) is 31.6 Å². The van der Waals surface area contributed by atoms with E-state index in [9.17, 15) is 9.59 Å². The molecule has 5 nitrogen and oxygen atoms in total. The molecule has 3 rings (SSSR count). The van der Waals surface area contributed by atoms with Crippen LogP contribution in [0.15, 0.2) is 0 Å². The van der Waals surface area contributed by atoms with Crippen molar-refractivity contribution in [1.82, 2.24) is 10.2 Å². The van der Waals surface area contributed by atoms with Gasteiger partial charge in [-0.25, -0.2) is 0 Å². The number of hydrogen-bond donors (Lipinski definition) is 1. The fourth-order valence-corrected chi connectivity index (χ4v) is 3.31. The van der Waals surface area contributed by atoms with Crippen molar-refractivity contribution in [2.24, 2.45) is 11.8 Å². The van der Waals surface area contributed by atoms with E-state index in [1.807, 2.05) is 18.7 Å². The van der Waals surface area contributed by atoms with Gasteiger partial charge in [-0.2, -0.15) is 0 Å². The number of nitrogens with zero attached hydrogens (tertiary/aromatic N) is 1. The largest absolute Gasteiger partial charge is 0.380 e. The number of carbonyl (C=O) groups excluding carboxylic acids is 2. The average molecular weight is 280 g/mol. The lowest BCUT2D eigenvalue weighted by atomic mass is 9.87. The second-order valence-corrected chi connectivity index (χ2v) is 6.40. The molecule has 2 unspecified atom stereocenters. The van der Waals surface area contributed by atoms with Crippen molar-refractivity contribution in [1.29, 1.82) is 0 Å². The molecule has 0 radical (unpaired) electrons. The van der Waals surface area contributed by atoms with Crippen LogP contribution in [0.4, 0.5) is 0 Å². The molecule has 1 N–H and O–H groups in total. The Morgan fingerprint density at radius 2 is 2.00 bits per heavy atom. The number of nitrogens with one attached hydrogen (secondary N) is 1. The van der Waals surface area contributed by atoms with Crippen LogP contribution in [0.25, 0.3) is 0 Å². The molecule has 0 aromatic carbocycles. The maximum Gasteiger partial charge on any atom is 0.246 e. The van der Waals surface area contributed by atoms with Crippen LogP contribution in [0.1, 0.15) is 39.5 Å². The second-order valence-electron chi connectivity index (χ2n) is 6.40. The van der Waals surface area contributed by atoms with E-state index >= 15 is 0 Å². The maximum absolute atomic E-state index is 12.8. The van der Waals surface area contributed by atoms with Crippen molar-refractivity contribution in [3.8, 4) is 0 Å². The molecular weight excluding hydrogens is 256 g/mol. The van der Waals surface area contributed by atoms with Crippen LogP contribution in [-0.2, 0) is 14.3 Å². The molecule has 3 fully saturated rings. The van der Waals surface area contributed by atoms with Gasteiger partial charge < -0.3 is 15.0 Å². The molecule has 0 aromatic rings.